The first-order valence-corrected chi connectivity index (χ1v) is 5.85. The van der Waals surface area contributed by atoms with E-state index in [4.69, 9.17) is 0 Å². The van der Waals surface area contributed by atoms with E-state index in [9.17, 15) is 5.11 Å². The predicted molar refractivity (Wildman–Crippen MR) is 63.5 cm³/mol. The summed E-state index contributed by atoms with van der Waals surface area (Å²) in [6.07, 6.45) is 6.56. The van der Waals surface area contributed by atoms with Crippen molar-refractivity contribution in [1.29, 1.82) is 0 Å². The van der Waals surface area contributed by atoms with E-state index in [1.807, 2.05) is 18.2 Å². The highest BCUT2D eigenvalue weighted by Crippen LogP contribution is 2.25. The lowest BCUT2D eigenvalue weighted by Crippen LogP contribution is -2.20. The standard InChI is InChI=1S/C14H17NO/c1-14(16,13-8-4-5-11-15-13)10-9-12-6-2-3-7-12/h4-5,8,11-12,16H,2-3,6-7H2,1H3. The summed E-state index contributed by atoms with van der Waals surface area (Å²) < 4.78 is 0. The summed E-state index contributed by atoms with van der Waals surface area (Å²) in [7, 11) is 0. The summed E-state index contributed by atoms with van der Waals surface area (Å²) in [6, 6.07) is 5.52. The predicted octanol–water partition coefficient (Wildman–Crippen LogP) is 2.48. The van der Waals surface area contributed by atoms with E-state index >= 15 is 0 Å². The summed E-state index contributed by atoms with van der Waals surface area (Å²) in [5, 5.41) is 10.2. The second kappa shape index (κ2) is 4.67. The maximum atomic E-state index is 10.2. The number of rotatable bonds is 1. The fourth-order valence-corrected chi connectivity index (χ4v) is 2.03. The Labute approximate surface area is 96.7 Å². The Kier molecular flexibility index (Phi) is 3.26. The van der Waals surface area contributed by atoms with Gasteiger partial charge in [0.25, 0.3) is 0 Å². The Morgan fingerprint density at radius 3 is 2.75 bits per heavy atom. The number of aromatic nitrogens is 1. The maximum Gasteiger partial charge on any atom is 0.164 e. The second-order valence-electron chi connectivity index (χ2n) is 4.54. The van der Waals surface area contributed by atoms with E-state index in [0.29, 0.717) is 11.6 Å². The number of aliphatic hydroxyl groups is 1. The van der Waals surface area contributed by atoms with E-state index in [2.05, 4.69) is 16.8 Å². The number of nitrogens with zero attached hydrogens (tertiary/aromatic N) is 1. The van der Waals surface area contributed by atoms with Gasteiger partial charge in [0.2, 0.25) is 0 Å². The Balaban J connectivity index is 2.13. The van der Waals surface area contributed by atoms with Gasteiger partial charge >= 0.3 is 0 Å². The maximum absolute atomic E-state index is 10.2. The van der Waals surface area contributed by atoms with Gasteiger partial charge in [-0.3, -0.25) is 4.98 Å². The molecule has 1 aliphatic carbocycles. The molecule has 2 nitrogen and oxygen atoms in total. The lowest BCUT2D eigenvalue weighted by Gasteiger charge is -2.15. The van der Waals surface area contributed by atoms with Crippen LogP contribution in [-0.2, 0) is 5.60 Å². The molecule has 0 saturated heterocycles. The third-order valence-corrected chi connectivity index (χ3v) is 3.04. The molecule has 1 saturated carbocycles. The minimum Gasteiger partial charge on any atom is -0.372 e. The Bertz CT molecular complexity index is 394. The minimum atomic E-state index is -1.12. The third kappa shape index (κ3) is 2.62. The second-order valence-corrected chi connectivity index (χ2v) is 4.54. The summed E-state index contributed by atoms with van der Waals surface area (Å²) >= 11 is 0. The molecule has 0 bridgehead atoms. The number of hydrogen-bond acceptors (Lipinski definition) is 2. The molecule has 2 rings (SSSR count). The molecule has 2 heteroatoms. The normalized spacial score (nSPS) is 19.9. The van der Waals surface area contributed by atoms with Gasteiger partial charge in [-0.25, -0.2) is 0 Å². The van der Waals surface area contributed by atoms with E-state index in [0.717, 1.165) is 0 Å². The Hall–Kier alpha value is -1.33. The average molecular weight is 215 g/mol. The van der Waals surface area contributed by atoms with Crippen LogP contribution >= 0.6 is 0 Å². The molecule has 1 N–H and O–H groups in total. The largest absolute Gasteiger partial charge is 0.372 e. The Morgan fingerprint density at radius 2 is 2.12 bits per heavy atom. The van der Waals surface area contributed by atoms with Crippen LogP contribution < -0.4 is 0 Å². The van der Waals surface area contributed by atoms with Crippen LogP contribution in [0.3, 0.4) is 0 Å². The molecular formula is C14H17NO. The zero-order chi connectivity index (χ0) is 11.4. The summed E-state index contributed by atoms with van der Waals surface area (Å²) in [4.78, 5) is 4.14. The van der Waals surface area contributed by atoms with E-state index in [1.54, 1.807) is 13.1 Å². The van der Waals surface area contributed by atoms with Crippen LogP contribution in [0.5, 0.6) is 0 Å². The van der Waals surface area contributed by atoms with Gasteiger partial charge in [-0.05, 0) is 31.9 Å². The SMILES string of the molecule is CC(O)(C#CC1CCCC1)c1ccccn1. The van der Waals surface area contributed by atoms with Crippen molar-refractivity contribution in [2.24, 2.45) is 5.92 Å². The molecule has 1 aromatic heterocycles. The van der Waals surface area contributed by atoms with E-state index in [1.165, 1.54) is 25.7 Å². The van der Waals surface area contributed by atoms with Gasteiger partial charge in [0, 0.05) is 12.1 Å². The quantitative estimate of drug-likeness (QED) is 0.730. The van der Waals surface area contributed by atoms with Crippen molar-refractivity contribution in [2.45, 2.75) is 38.2 Å². The third-order valence-electron chi connectivity index (χ3n) is 3.04. The lowest BCUT2D eigenvalue weighted by atomic mass is 10.0. The topological polar surface area (TPSA) is 33.1 Å². The first-order valence-electron chi connectivity index (χ1n) is 5.85. The highest BCUT2D eigenvalue weighted by Gasteiger charge is 2.22. The first kappa shape index (κ1) is 11.2. The highest BCUT2D eigenvalue weighted by molar-refractivity contribution is 5.25. The monoisotopic (exact) mass is 215 g/mol. The molecule has 0 aromatic carbocycles. The molecule has 0 radical (unpaired) electrons. The fourth-order valence-electron chi connectivity index (χ4n) is 2.03. The fraction of sp³-hybridized carbons (Fsp3) is 0.500. The number of hydrogen-bond donors (Lipinski definition) is 1. The molecule has 1 fully saturated rings. The van der Waals surface area contributed by atoms with Crippen molar-refractivity contribution in [1.82, 2.24) is 4.98 Å². The van der Waals surface area contributed by atoms with Gasteiger partial charge in [0.05, 0.1) is 5.69 Å². The van der Waals surface area contributed by atoms with Crippen molar-refractivity contribution < 1.29 is 5.11 Å². The molecule has 16 heavy (non-hydrogen) atoms. The van der Waals surface area contributed by atoms with Crippen molar-refractivity contribution >= 4 is 0 Å². The molecule has 84 valence electrons. The summed E-state index contributed by atoms with van der Waals surface area (Å²) in [5.74, 6) is 6.61. The molecule has 1 aliphatic rings. The van der Waals surface area contributed by atoms with Crippen molar-refractivity contribution in [3.63, 3.8) is 0 Å². The molecule has 0 spiro atoms. The zero-order valence-electron chi connectivity index (χ0n) is 9.61. The summed E-state index contributed by atoms with van der Waals surface area (Å²) in [5.41, 5.74) is -0.496. The van der Waals surface area contributed by atoms with Crippen LogP contribution in [0.15, 0.2) is 24.4 Å². The van der Waals surface area contributed by atoms with Crippen molar-refractivity contribution in [2.75, 3.05) is 0 Å². The van der Waals surface area contributed by atoms with E-state index in [-0.39, 0.29) is 0 Å². The minimum absolute atomic E-state index is 0.468. The molecule has 0 amide bonds. The van der Waals surface area contributed by atoms with Crippen LogP contribution in [0.4, 0.5) is 0 Å². The van der Waals surface area contributed by atoms with Crippen LogP contribution in [0, 0.1) is 17.8 Å². The van der Waals surface area contributed by atoms with Gasteiger partial charge in [-0.1, -0.05) is 30.7 Å². The van der Waals surface area contributed by atoms with Crippen molar-refractivity contribution in [3.8, 4) is 11.8 Å². The van der Waals surface area contributed by atoms with E-state index < -0.39 is 5.60 Å². The van der Waals surface area contributed by atoms with Gasteiger partial charge < -0.3 is 5.11 Å². The highest BCUT2D eigenvalue weighted by atomic mass is 16.3. The Morgan fingerprint density at radius 1 is 1.38 bits per heavy atom. The van der Waals surface area contributed by atoms with Gasteiger partial charge in [-0.2, -0.15) is 0 Å². The molecule has 1 heterocycles. The van der Waals surface area contributed by atoms with Crippen LogP contribution in [0.25, 0.3) is 0 Å². The molecule has 1 aromatic rings. The zero-order valence-corrected chi connectivity index (χ0v) is 9.61. The summed E-state index contributed by atoms with van der Waals surface area (Å²) in [6.45, 7) is 1.71. The van der Waals surface area contributed by atoms with Crippen molar-refractivity contribution in [3.05, 3.63) is 30.1 Å². The number of pyridine rings is 1. The molecule has 1 atom stereocenters. The molecule has 1 unspecified atom stereocenters. The smallest absolute Gasteiger partial charge is 0.164 e. The molecule has 0 aliphatic heterocycles. The van der Waals surface area contributed by atoms with Gasteiger partial charge in [0.15, 0.2) is 5.60 Å². The molecular weight excluding hydrogens is 198 g/mol. The van der Waals surface area contributed by atoms with Crippen LogP contribution in [0.2, 0.25) is 0 Å². The van der Waals surface area contributed by atoms with Crippen LogP contribution in [-0.4, -0.2) is 10.1 Å². The first-order chi connectivity index (χ1) is 7.68. The van der Waals surface area contributed by atoms with Crippen LogP contribution in [0.1, 0.15) is 38.3 Å². The van der Waals surface area contributed by atoms with Gasteiger partial charge in [-0.15, -0.1) is 0 Å². The average Bonchev–Trinajstić information content (AvgIpc) is 2.81. The van der Waals surface area contributed by atoms with Gasteiger partial charge in [0.1, 0.15) is 0 Å². The lowest BCUT2D eigenvalue weighted by molar-refractivity contribution is 0.117.